The molecule has 0 saturated carbocycles. The zero-order valence-corrected chi connectivity index (χ0v) is 11.0. The number of H-pyrrole nitrogens is 1. The smallest absolute Gasteiger partial charge is 0.365 e. The van der Waals surface area contributed by atoms with Gasteiger partial charge in [-0.25, -0.2) is 4.79 Å². The van der Waals surface area contributed by atoms with Crippen LogP contribution in [0, 0.1) is 0 Å². The molecular weight excluding hydrogens is 301 g/mol. The lowest BCUT2D eigenvalue weighted by molar-refractivity contribution is -0.137. The third-order valence-corrected chi connectivity index (χ3v) is 2.83. The summed E-state index contributed by atoms with van der Waals surface area (Å²) < 4.78 is 38.1. The summed E-state index contributed by atoms with van der Waals surface area (Å²) in [6, 6.07) is 4.77. The van der Waals surface area contributed by atoms with Crippen LogP contribution in [0.1, 0.15) is 15.9 Å². The van der Waals surface area contributed by atoms with Crippen molar-refractivity contribution in [1.29, 1.82) is 0 Å². The number of primary amides is 2. The van der Waals surface area contributed by atoms with Crippen LogP contribution in [0.15, 0.2) is 30.3 Å². The molecule has 3 amide bonds. The molecule has 2 aromatic rings. The Morgan fingerprint density at radius 3 is 2.36 bits per heavy atom. The van der Waals surface area contributed by atoms with Gasteiger partial charge in [0.2, 0.25) is 0 Å². The number of nitrogens with two attached hydrogens (primary N) is 2. The number of hydrogen-bond donors (Lipinski definition) is 4. The quantitative estimate of drug-likeness (QED) is 0.696. The van der Waals surface area contributed by atoms with Crippen molar-refractivity contribution in [3.05, 3.63) is 41.5 Å². The summed E-state index contributed by atoms with van der Waals surface area (Å²) in [6.45, 7) is 0. The van der Waals surface area contributed by atoms with Crippen LogP contribution in [-0.2, 0) is 6.18 Å². The number of anilines is 1. The van der Waals surface area contributed by atoms with Crippen LogP contribution in [0.25, 0.3) is 11.3 Å². The highest BCUT2D eigenvalue weighted by Gasteiger charge is 2.30. The van der Waals surface area contributed by atoms with E-state index in [1.54, 1.807) is 0 Å². The molecule has 0 aliphatic rings. The van der Waals surface area contributed by atoms with E-state index in [1.165, 1.54) is 18.2 Å². The summed E-state index contributed by atoms with van der Waals surface area (Å²) in [7, 11) is 0. The molecule has 0 atom stereocenters. The van der Waals surface area contributed by atoms with Crippen molar-refractivity contribution in [2.24, 2.45) is 11.5 Å². The predicted molar refractivity (Wildman–Crippen MR) is 73.0 cm³/mol. The Morgan fingerprint density at radius 1 is 1.14 bits per heavy atom. The highest BCUT2D eigenvalue weighted by molar-refractivity contribution is 6.03. The molecule has 9 heteroatoms. The number of aromatic nitrogens is 1. The van der Waals surface area contributed by atoms with Crippen molar-refractivity contribution in [3.63, 3.8) is 0 Å². The lowest BCUT2D eigenvalue weighted by atomic mass is 10.1. The Bertz CT molecular complexity index is 737. The van der Waals surface area contributed by atoms with Crippen molar-refractivity contribution < 1.29 is 22.8 Å². The second-order valence-corrected chi connectivity index (χ2v) is 4.40. The van der Waals surface area contributed by atoms with Crippen molar-refractivity contribution in [2.75, 3.05) is 5.32 Å². The van der Waals surface area contributed by atoms with Gasteiger partial charge in [-0.1, -0.05) is 12.1 Å². The van der Waals surface area contributed by atoms with Crippen LogP contribution in [0.2, 0.25) is 0 Å². The molecule has 116 valence electrons. The SMILES string of the molecule is NC(=O)Nc1[nH]c(-c2cccc(C(F)(F)F)c2)cc1C(N)=O. The normalized spacial score (nSPS) is 11.2. The number of nitrogens with one attached hydrogen (secondary N) is 2. The molecule has 1 aromatic heterocycles. The molecule has 0 fully saturated rings. The summed E-state index contributed by atoms with van der Waals surface area (Å²) >= 11 is 0. The number of hydrogen-bond acceptors (Lipinski definition) is 2. The van der Waals surface area contributed by atoms with Crippen molar-refractivity contribution in [3.8, 4) is 11.3 Å². The van der Waals surface area contributed by atoms with E-state index in [9.17, 15) is 22.8 Å². The Morgan fingerprint density at radius 2 is 1.82 bits per heavy atom. The number of carbonyl (C=O) groups excluding carboxylic acids is 2. The summed E-state index contributed by atoms with van der Waals surface area (Å²) in [6.07, 6.45) is -4.50. The van der Waals surface area contributed by atoms with Gasteiger partial charge in [-0.3, -0.25) is 10.1 Å². The van der Waals surface area contributed by atoms with E-state index in [-0.39, 0.29) is 22.6 Å². The average molecular weight is 312 g/mol. The van der Waals surface area contributed by atoms with Crippen LogP contribution in [0.5, 0.6) is 0 Å². The highest BCUT2D eigenvalue weighted by atomic mass is 19.4. The first-order chi connectivity index (χ1) is 10.2. The molecule has 1 aromatic carbocycles. The van der Waals surface area contributed by atoms with Gasteiger partial charge in [-0.15, -0.1) is 0 Å². The number of amides is 3. The minimum atomic E-state index is -4.50. The minimum Gasteiger partial charge on any atom is -0.365 e. The fraction of sp³-hybridized carbons (Fsp3) is 0.0769. The third kappa shape index (κ3) is 3.19. The van der Waals surface area contributed by atoms with E-state index in [2.05, 4.69) is 10.3 Å². The molecule has 0 unspecified atom stereocenters. The van der Waals surface area contributed by atoms with E-state index in [4.69, 9.17) is 11.5 Å². The van der Waals surface area contributed by atoms with Gasteiger partial charge < -0.3 is 16.5 Å². The maximum absolute atomic E-state index is 12.7. The molecule has 0 saturated heterocycles. The van der Waals surface area contributed by atoms with Crippen LogP contribution in [-0.4, -0.2) is 16.9 Å². The van der Waals surface area contributed by atoms with Gasteiger partial charge in [0.05, 0.1) is 11.1 Å². The van der Waals surface area contributed by atoms with Crippen molar-refractivity contribution >= 4 is 17.8 Å². The van der Waals surface area contributed by atoms with Crippen LogP contribution in [0.3, 0.4) is 0 Å². The fourth-order valence-electron chi connectivity index (χ4n) is 1.89. The Kier molecular flexibility index (Phi) is 3.81. The summed E-state index contributed by atoms with van der Waals surface area (Å²) in [5, 5.41) is 2.15. The monoisotopic (exact) mass is 312 g/mol. The van der Waals surface area contributed by atoms with Gasteiger partial charge in [0.25, 0.3) is 5.91 Å². The number of carbonyl (C=O) groups is 2. The van der Waals surface area contributed by atoms with Gasteiger partial charge in [0.15, 0.2) is 0 Å². The van der Waals surface area contributed by atoms with E-state index >= 15 is 0 Å². The lowest BCUT2D eigenvalue weighted by Gasteiger charge is -2.07. The number of aromatic amines is 1. The Balaban J connectivity index is 2.49. The molecule has 0 aliphatic carbocycles. The van der Waals surface area contributed by atoms with Crippen molar-refractivity contribution in [1.82, 2.24) is 4.98 Å². The first-order valence-electron chi connectivity index (χ1n) is 5.95. The van der Waals surface area contributed by atoms with Crippen LogP contribution >= 0.6 is 0 Å². The zero-order chi connectivity index (χ0) is 16.5. The molecule has 1 heterocycles. The molecule has 22 heavy (non-hydrogen) atoms. The van der Waals surface area contributed by atoms with Crippen molar-refractivity contribution in [2.45, 2.75) is 6.18 Å². The first-order valence-corrected chi connectivity index (χ1v) is 5.95. The number of alkyl halides is 3. The number of halogens is 3. The Labute approximate surface area is 122 Å². The molecular formula is C13H11F3N4O2. The van der Waals surface area contributed by atoms with E-state index in [0.717, 1.165) is 12.1 Å². The van der Waals surface area contributed by atoms with Gasteiger partial charge in [-0.05, 0) is 23.8 Å². The van der Waals surface area contributed by atoms with Gasteiger partial charge >= 0.3 is 12.2 Å². The van der Waals surface area contributed by atoms with Gasteiger partial charge in [-0.2, -0.15) is 13.2 Å². The molecule has 0 bridgehead atoms. The van der Waals surface area contributed by atoms with Gasteiger partial charge in [0, 0.05) is 5.69 Å². The minimum absolute atomic E-state index is 0.0765. The maximum Gasteiger partial charge on any atom is 0.416 e. The number of urea groups is 1. The molecule has 0 aliphatic heterocycles. The lowest BCUT2D eigenvalue weighted by Crippen LogP contribution is -2.22. The second-order valence-electron chi connectivity index (χ2n) is 4.40. The summed E-state index contributed by atoms with van der Waals surface area (Å²) in [5.41, 5.74) is 9.53. The van der Waals surface area contributed by atoms with Gasteiger partial charge in [0.1, 0.15) is 5.82 Å². The van der Waals surface area contributed by atoms with E-state index in [0.29, 0.717) is 0 Å². The summed E-state index contributed by atoms with van der Waals surface area (Å²) in [4.78, 5) is 24.8. The fourth-order valence-corrected chi connectivity index (χ4v) is 1.89. The average Bonchev–Trinajstić information content (AvgIpc) is 2.81. The first kappa shape index (κ1) is 15.4. The van der Waals surface area contributed by atoms with E-state index < -0.39 is 23.7 Å². The predicted octanol–water partition coefficient (Wildman–Crippen LogP) is 2.29. The second kappa shape index (κ2) is 5.43. The maximum atomic E-state index is 12.7. The summed E-state index contributed by atoms with van der Waals surface area (Å²) in [5.74, 6) is -0.939. The molecule has 0 radical (unpaired) electrons. The van der Waals surface area contributed by atoms with E-state index in [1.807, 2.05) is 0 Å². The van der Waals surface area contributed by atoms with Crippen LogP contribution in [0.4, 0.5) is 23.8 Å². The molecule has 2 rings (SSSR count). The highest BCUT2D eigenvalue weighted by Crippen LogP contribution is 2.33. The standard InChI is InChI=1S/C13H11F3N4O2/c14-13(15,16)7-3-1-2-6(4-7)9-5-8(10(17)21)11(19-9)20-12(18)22/h1-5,19H,(H2,17,21)(H3,18,20,22). The molecule has 0 spiro atoms. The Hall–Kier alpha value is -2.97. The topological polar surface area (TPSA) is 114 Å². The largest absolute Gasteiger partial charge is 0.416 e. The third-order valence-electron chi connectivity index (χ3n) is 2.83. The zero-order valence-electron chi connectivity index (χ0n) is 11.0. The number of benzene rings is 1. The number of rotatable bonds is 3. The molecule has 6 nitrogen and oxygen atoms in total. The van der Waals surface area contributed by atoms with Crippen LogP contribution < -0.4 is 16.8 Å². The molecule has 6 N–H and O–H groups in total.